The van der Waals surface area contributed by atoms with Gasteiger partial charge in [-0.3, -0.25) is 0 Å². The zero-order chi connectivity index (χ0) is 13.2. The van der Waals surface area contributed by atoms with Gasteiger partial charge < -0.3 is 9.47 Å². The average molecular weight is 258 g/mol. The van der Waals surface area contributed by atoms with Gasteiger partial charge >= 0.3 is 0 Å². The lowest BCUT2D eigenvalue weighted by atomic mass is 10.1. The van der Waals surface area contributed by atoms with Gasteiger partial charge in [-0.2, -0.15) is 0 Å². The third-order valence-corrected chi connectivity index (χ3v) is 3.34. The van der Waals surface area contributed by atoms with Crippen LogP contribution in [0, 0.1) is 0 Å². The molecule has 0 N–H and O–H groups in total. The maximum Gasteiger partial charge on any atom is 0.216 e. The molecule has 2 aliphatic heterocycles. The zero-order valence-electron chi connectivity index (χ0n) is 11.3. The lowest BCUT2D eigenvalue weighted by molar-refractivity contribution is 0.315. The van der Waals surface area contributed by atoms with Gasteiger partial charge in [-0.1, -0.05) is 13.0 Å². The van der Waals surface area contributed by atoms with Crippen LogP contribution in [0.2, 0.25) is 0 Å². The standard InChI is InChI=1S/C15H18N2O2/c1-3-13-9-19-15(17-13)12-6-4-5-11(7-12)14-16-10(2)8-18-14/h4-7,10,13H,3,8-9H2,1-2H3. The molecule has 0 saturated carbocycles. The van der Waals surface area contributed by atoms with E-state index in [-0.39, 0.29) is 6.04 Å². The van der Waals surface area contributed by atoms with E-state index in [4.69, 9.17) is 9.47 Å². The summed E-state index contributed by atoms with van der Waals surface area (Å²) in [6.45, 7) is 5.52. The third kappa shape index (κ3) is 2.48. The number of aliphatic imine (C=N–C) groups is 2. The quantitative estimate of drug-likeness (QED) is 0.835. The molecule has 0 spiro atoms. The smallest absolute Gasteiger partial charge is 0.216 e. The highest BCUT2D eigenvalue weighted by atomic mass is 16.5. The van der Waals surface area contributed by atoms with E-state index in [2.05, 4.69) is 16.9 Å². The van der Waals surface area contributed by atoms with E-state index in [0.717, 1.165) is 29.3 Å². The highest BCUT2D eigenvalue weighted by Crippen LogP contribution is 2.17. The minimum atomic E-state index is 0.239. The fraction of sp³-hybridized carbons (Fsp3) is 0.467. The molecule has 2 heterocycles. The second-order valence-electron chi connectivity index (χ2n) is 4.98. The minimum Gasteiger partial charge on any atom is -0.475 e. The van der Waals surface area contributed by atoms with Crippen molar-refractivity contribution < 1.29 is 9.47 Å². The highest BCUT2D eigenvalue weighted by molar-refractivity contribution is 6.00. The number of benzene rings is 1. The van der Waals surface area contributed by atoms with Gasteiger partial charge in [-0.15, -0.1) is 0 Å². The van der Waals surface area contributed by atoms with Gasteiger partial charge in [0.2, 0.25) is 11.8 Å². The molecule has 2 unspecified atom stereocenters. The Labute approximate surface area is 113 Å². The van der Waals surface area contributed by atoms with Gasteiger partial charge in [0.05, 0.1) is 12.1 Å². The lowest BCUT2D eigenvalue weighted by Gasteiger charge is -2.05. The van der Waals surface area contributed by atoms with E-state index in [0.29, 0.717) is 19.3 Å². The Hall–Kier alpha value is -1.84. The molecular weight excluding hydrogens is 240 g/mol. The fourth-order valence-electron chi connectivity index (χ4n) is 2.20. The van der Waals surface area contributed by atoms with Crippen LogP contribution in [0.5, 0.6) is 0 Å². The molecule has 0 amide bonds. The first-order valence-corrected chi connectivity index (χ1v) is 6.78. The van der Waals surface area contributed by atoms with Crippen molar-refractivity contribution in [3.63, 3.8) is 0 Å². The largest absolute Gasteiger partial charge is 0.475 e. The van der Waals surface area contributed by atoms with Crippen molar-refractivity contribution in [2.45, 2.75) is 32.4 Å². The van der Waals surface area contributed by atoms with Gasteiger partial charge in [0, 0.05) is 11.1 Å². The van der Waals surface area contributed by atoms with Crippen LogP contribution in [0.25, 0.3) is 0 Å². The molecule has 100 valence electrons. The molecule has 4 heteroatoms. The van der Waals surface area contributed by atoms with Crippen molar-refractivity contribution in [1.82, 2.24) is 0 Å². The molecule has 0 radical (unpaired) electrons. The van der Waals surface area contributed by atoms with E-state index in [1.807, 2.05) is 31.2 Å². The monoisotopic (exact) mass is 258 g/mol. The summed E-state index contributed by atoms with van der Waals surface area (Å²) in [6, 6.07) is 8.58. The second-order valence-corrected chi connectivity index (χ2v) is 4.98. The summed E-state index contributed by atoms with van der Waals surface area (Å²) >= 11 is 0. The van der Waals surface area contributed by atoms with Crippen LogP contribution in [-0.4, -0.2) is 37.1 Å². The average Bonchev–Trinajstić information content (AvgIpc) is 3.07. The van der Waals surface area contributed by atoms with E-state index < -0.39 is 0 Å². The van der Waals surface area contributed by atoms with Gasteiger partial charge in [0.1, 0.15) is 13.2 Å². The van der Waals surface area contributed by atoms with Gasteiger partial charge in [0.25, 0.3) is 0 Å². The number of ether oxygens (including phenoxy) is 2. The molecule has 4 nitrogen and oxygen atoms in total. The second kappa shape index (κ2) is 5.03. The summed E-state index contributed by atoms with van der Waals surface area (Å²) in [5.41, 5.74) is 1.99. The Morgan fingerprint density at radius 3 is 2.37 bits per heavy atom. The summed E-state index contributed by atoms with van der Waals surface area (Å²) in [4.78, 5) is 9.04. The van der Waals surface area contributed by atoms with Crippen molar-refractivity contribution in [3.8, 4) is 0 Å². The minimum absolute atomic E-state index is 0.239. The summed E-state index contributed by atoms with van der Waals surface area (Å²) in [5, 5.41) is 0. The SMILES string of the molecule is CCC1COC(c2cccc(C3=NC(C)CO3)c2)=N1. The molecule has 3 rings (SSSR count). The Balaban J connectivity index is 1.87. The van der Waals surface area contributed by atoms with Crippen LogP contribution in [0.15, 0.2) is 34.3 Å². The van der Waals surface area contributed by atoms with Crippen LogP contribution in [0.1, 0.15) is 31.4 Å². The number of rotatable bonds is 3. The molecule has 0 saturated heterocycles. The van der Waals surface area contributed by atoms with Gasteiger partial charge in [0.15, 0.2) is 0 Å². The van der Waals surface area contributed by atoms with Crippen LogP contribution < -0.4 is 0 Å². The molecule has 0 aliphatic carbocycles. The maximum atomic E-state index is 5.65. The van der Waals surface area contributed by atoms with Gasteiger partial charge in [-0.05, 0) is 31.5 Å². The third-order valence-electron chi connectivity index (χ3n) is 3.34. The summed E-state index contributed by atoms with van der Waals surface area (Å²) < 4.78 is 11.2. The molecule has 0 aromatic heterocycles. The first kappa shape index (κ1) is 12.2. The number of hydrogen-bond acceptors (Lipinski definition) is 4. The van der Waals surface area contributed by atoms with Gasteiger partial charge in [-0.25, -0.2) is 9.98 Å². The topological polar surface area (TPSA) is 43.2 Å². The van der Waals surface area contributed by atoms with Crippen molar-refractivity contribution in [1.29, 1.82) is 0 Å². The lowest BCUT2D eigenvalue weighted by Crippen LogP contribution is -2.06. The molecule has 0 fully saturated rings. The van der Waals surface area contributed by atoms with Crippen molar-refractivity contribution >= 4 is 11.8 Å². The number of hydrogen-bond donors (Lipinski definition) is 0. The first-order valence-electron chi connectivity index (χ1n) is 6.78. The normalized spacial score (nSPS) is 25.6. The van der Waals surface area contributed by atoms with E-state index >= 15 is 0 Å². The Bertz CT molecular complexity index is 537. The Kier molecular flexibility index (Phi) is 3.23. The predicted octanol–water partition coefficient (Wildman–Crippen LogP) is 2.41. The molecular formula is C15H18N2O2. The van der Waals surface area contributed by atoms with Crippen LogP contribution >= 0.6 is 0 Å². The van der Waals surface area contributed by atoms with E-state index in [1.54, 1.807) is 0 Å². The van der Waals surface area contributed by atoms with Crippen LogP contribution in [0.4, 0.5) is 0 Å². The van der Waals surface area contributed by atoms with Crippen LogP contribution in [-0.2, 0) is 9.47 Å². The summed E-state index contributed by atoms with van der Waals surface area (Å²) in [5.74, 6) is 1.46. The Morgan fingerprint density at radius 1 is 1.11 bits per heavy atom. The molecule has 19 heavy (non-hydrogen) atoms. The maximum absolute atomic E-state index is 5.65. The van der Waals surface area contributed by atoms with Crippen molar-refractivity contribution in [2.75, 3.05) is 13.2 Å². The highest BCUT2D eigenvalue weighted by Gasteiger charge is 2.20. The fourth-order valence-corrected chi connectivity index (χ4v) is 2.20. The number of nitrogens with zero attached hydrogens (tertiary/aromatic N) is 2. The predicted molar refractivity (Wildman–Crippen MR) is 75.0 cm³/mol. The summed E-state index contributed by atoms with van der Waals surface area (Å²) in [7, 11) is 0. The van der Waals surface area contributed by atoms with Crippen LogP contribution in [0.3, 0.4) is 0 Å². The molecule has 1 aromatic carbocycles. The molecule has 2 aliphatic rings. The first-order chi connectivity index (χ1) is 9.26. The van der Waals surface area contributed by atoms with E-state index in [9.17, 15) is 0 Å². The zero-order valence-corrected chi connectivity index (χ0v) is 11.3. The Morgan fingerprint density at radius 2 is 1.79 bits per heavy atom. The molecule has 1 aromatic rings. The van der Waals surface area contributed by atoms with Crippen molar-refractivity contribution in [2.24, 2.45) is 9.98 Å². The van der Waals surface area contributed by atoms with Crippen molar-refractivity contribution in [3.05, 3.63) is 35.4 Å². The summed E-state index contributed by atoms with van der Waals surface area (Å²) in [6.07, 6.45) is 1.01. The van der Waals surface area contributed by atoms with E-state index in [1.165, 1.54) is 0 Å². The molecule has 2 atom stereocenters. The molecule has 0 bridgehead atoms.